The van der Waals surface area contributed by atoms with Gasteiger partial charge in [0, 0.05) is 24.3 Å². The quantitative estimate of drug-likeness (QED) is 0.888. The number of methoxy groups -OCH3 is 1. The molecule has 1 aliphatic carbocycles. The van der Waals surface area contributed by atoms with Gasteiger partial charge in [0.15, 0.2) is 0 Å². The lowest BCUT2D eigenvalue weighted by atomic mass is 9.64. The molecule has 1 aliphatic rings. The summed E-state index contributed by atoms with van der Waals surface area (Å²) < 4.78 is 5.42. The highest BCUT2D eigenvalue weighted by Gasteiger charge is 2.48. The molecule has 1 aromatic rings. The van der Waals surface area contributed by atoms with Crippen molar-refractivity contribution in [3.8, 4) is 6.07 Å². The molecule has 0 bridgehead atoms. The predicted octanol–water partition coefficient (Wildman–Crippen LogP) is 2.49. The molecule has 0 aliphatic heterocycles. The van der Waals surface area contributed by atoms with Gasteiger partial charge in [-0.3, -0.25) is 0 Å². The number of aryl methyl sites for hydroxylation is 1. The topological polar surface area (TPSA) is 57.9 Å². The second-order valence-electron chi connectivity index (χ2n) is 5.44. The fraction of sp³-hybridized carbons (Fsp3) is 0.571. The monoisotopic (exact) mass is 245 g/mol. The fourth-order valence-electron chi connectivity index (χ4n) is 2.45. The molecule has 18 heavy (non-hydrogen) atoms. The number of hydrogen-bond donors (Lipinski definition) is 1. The highest BCUT2D eigenvalue weighted by molar-refractivity contribution is 5.53. The van der Waals surface area contributed by atoms with Crippen LogP contribution in [0.4, 0.5) is 5.82 Å². The minimum Gasteiger partial charge on any atom is -0.381 e. The van der Waals surface area contributed by atoms with Gasteiger partial charge in [0.1, 0.15) is 11.9 Å². The average Bonchev–Trinajstić information content (AvgIpc) is 2.34. The van der Waals surface area contributed by atoms with Crippen LogP contribution in [-0.2, 0) is 4.74 Å². The van der Waals surface area contributed by atoms with Crippen LogP contribution in [0.2, 0.25) is 0 Å². The number of nitrogens with zero attached hydrogens (tertiary/aromatic N) is 2. The van der Waals surface area contributed by atoms with E-state index < -0.39 is 0 Å². The Kier molecular flexibility index (Phi) is 3.27. The molecule has 1 saturated carbocycles. The lowest BCUT2D eigenvalue weighted by Crippen LogP contribution is -2.57. The Morgan fingerprint density at radius 1 is 1.50 bits per heavy atom. The molecule has 2 atom stereocenters. The van der Waals surface area contributed by atoms with Gasteiger partial charge in [0.25, 0.3) is 0 Å². The summed E-state index contributed by atoms with van der Waals surface area (Å²) in [5.41, 5.74) is 1.57. The summed E-state index contributed by atoms with van der Waals surface area (Å²) in [6, 6.07) is 6.13. The molecule has 4 nitrogen and oxygen atoms in total. The van der Waals surface area contributed by atoms with E-state index in [9.17, 15) is 0 Å². The second-order valence-corrected chi connectivity index (χ2v) is 5.44. The molecule has 1 fully saturated rings. The van der Waals surface area contributed by atoms with Gasteiger partial charge in [0.2, 0.25) is 0 Å². The van der Waals surface area contributed by atoms with E-state index in [1.54, 1.807) is 7.11 Å². The first-order valence-electron chi connectivity index (χ1n) is 6.16. The first-order valence-corrected chi connectivity index (χ1v) is 6.16. The molecular formula is C14H19N3O. The maximum absolute atomic E-state index is 9.09. The van der Waals surface area contributed by atoms with E-state index in [-0.39, 0.29) is 11.5 Å². The Morgan fingerprint density at radius 2 is 2.22 bits per heavy atom. The van der Waals surface area contributed by atoms with Gasteiger partial charge in [-0.15, -0.1) is 0 Å². The van der Waals surface area contributed by atoms with Crippen LogP contribution in [0, 0.1) is 23.7 Å². The highest BCUT2D eigenvalue weighted by Crippen LogP contribution is 2.44. The molecule has 2 unspecified atom stereocenters. The molecule has 1 heterocycles. The summed E-state index contributed by atoms with van der Waals surface area (Å²) in [4.78, 5) is 4.41. The largest absolute Gasteiger partial charge is 0.381 e. The maximum Gasteiger partial charge on any atom is 0.144 e. The van der Waals surface area contributed by atoms with Crippen LogP contribution in [0.15, 0.2) is 12.1 Å². The molecular weight excluding hydrogens is 226 g/mol. The van der Waals surface area contributed by atoms with Gasteiger partial charge in [0.05, 0.1) is 11.7 Å². The molecule has 1 N–H and O–H groups in total. The molecule has 0 radical (unpaired) electrons. The third kappa shape index (κ3) is 2.06. The third-order valence-corrected chi connectivity index (χ3v) is 3.93. The Morgan fingerprint density at radius 3 is 2.78 bits per heavy atom. The van der Waals surface area contributed by atoms with Gasteiger partial charge in [-0.2, -0.15) is 5.26 Å². The summed E-state index contributed by atoms with van der Waals surface area (Å²) in [5.74, 6) is 0.685. The van der Waals surface area contributed by atoms with Crippen LogP contribution in [0.25, 0.3) is 0 Å². The predicted molar refractivity (Wildman–Crippen MR) is 70.3 cm³/mol. The molecule has 2 rings (SSSR count). The number of rotatable bonds is 3. The summed E-state index contributed by atoms with van der Waals surface area (Å²) in [6.45, 7) is 6.27. The van der Waals surface area contributed by atoms with Crippen molar-refractivity contribution in [1.82, 2.24) is 4.98 Å². The summed E-state index contributed by atoms with van der Waals surface area (Å²) in [5, 5.41) is 12.5. The molecule has 96 valence electrons. The minimum absolute atomic E-state index is 0.0624. The van der Waals surface area contributed by atoms with Crippen molar-refractivity contribution in [2.75, 3.05) is 12.4 Å². The van der Waals surface area contributed by atoms with Crippen molar-refractivity contribution >= 4 is 5.82 Å². The number of pyridine rings is 1. The molecule has 4 heteroatoms. The Balaban J connectivity index is 2.17. The zero-order chi connectivity index (χ0) is 13.3. The van der Waals surface area contributed by atoms with Crippen LogP contribution >= 0.6 is 0 Å². The van der Waals surface area contributed by atoms with E-state index in [0.29, 0.717) is 17.4 Å². The smallest absolute Gasteiger partial charge is 0.144 e. The standard InChI is InChI=1S/C14H19N3O/c1-9-5-6-10(8-15)13(16-9)17-11-7-12(18-4)14(11,2)3/h5-6,11-12H,7H2,1-4H3,(H,16,17). The van der Waals surface area contributed by atoms with Crippen molar-refractivity contribution in [2.24, 2.45) is 5.41 Å². The Labute approximate surface area is 108 Å². The zero-order valence-electron chi connectivity index (χ0n) is 11.3. The zero-order valence-corrected chi connectivity index (χ0v) is 11.3. The summed E-state index contributed by atoms with van der Waals surface area (Å²) >= 11 is 0. The van der Waals surface area contributed by atoms with Crippen molar-refractivity contribution < 1.29 is 4.74 Å². The van der Waals surface area contributed by atoms with Gasteiger partial charge in [-0.05, 0) is 25.5 Å². The van der Waals surface area contributed by atoms with Crippen LogP contribution < -0.4 is 5.32 Å². The van der Waals surface area contributed by atoms with E-state index in [0.717, 1.165) is 12.1 Å². The Bertz CT molecular complexity index is 490. The van der Waals surface area contributed by atoms with Crippen molar-refractivity contribution in [3.05, 3.63) is 23.4 Å². The second kappa shape index (κ2) is 4.58. The first-order chi connectivity index (χ1) is 8.48. The lowest BCUT2D eigenvalue weighted by molar-refractivity contribution is -0.0795. The number of nitrogens with one attached hydrogen (secondary N) is 1. The number of aromatic nitrogens is 1. The number of anilines is 1. The van der Waals surface area contributed by atoms with Crippen LogP contribution in [-0.4, -0.2) is 24.2 Å². The lowest BCUT2D eigenvalue weighted by Gasteiger charge is -2.51. The molecule has 0 amide bonds. The first kappa shape index (κ1) is 12.8. The van der Waals surface area contributed by atoms with E-state index >= 15 is 0 Å². The molecule has 1 aromatic heterocycles. The molecule has 0 saturated heterocycles. The number of hydrogen-bond acceptors (Lipinski definition) is 4. The molecule has 0 spiro atoms. The number of nitriles is 1. The summed E-state index contributed by atoms with van der Waals surface area (Å²) in [6.07, 6.45) is 1.22. The van der Waals surface area contributed by atoms with Crippen LogP contribution in [0.1, 0.15) is 31.5 Å². The normalized spacial score (nSPS) is 25.1. The van der Waals surface area contributed by atoms with Crippen LogP contribution in [0.5, 0.6) is 0 Å². The van der Waals surface area contributed by atoms with E-state index in [4.69, 9.17) is 10.00 Å². The minimum atomic E-state index is 0.0624. The average molecular weight is 245 g/mol. The van der Waals surface area contributed by atoms with E-state index in [2.05, 4.69) is 30.2 Å². The third-order valence-electron chi connectivity index (χ3n) is 3.93. The van der Waals surface area contributed by atoms with Crippen molar-refractivity contribution in [1.29, 1.82) is 5.26 Å². The van der Waals surface area contributed by atoms with Crippen molar-refractivity contribution in [3.63, 3.8) is 0 Å². The number of ether oxygens (including phenoxy) is 1. The maximum atomic E-state index is 9.09. The van der Waals surface area contributed by atoms with E-state index in [1.165, 1.54) is 0 Å². The van der Waals surface area contributed by atoms with Gasteiger partial charge >= 0.3 is 0 Å². The SMILES string of the molecule is COC1CC(Nc2nc(C)ccc2C#N)C1(C)C. The van der Waals surface area contributed by atoms with Gasteiger partial charge < -0.3 is 10.1 Å². The molecule has 0 aromatic carbocycles. The van der Waals surface area contributed by atoms with E-state index in [1.807, 2.05) is 19.1 Å². The Hall–Kier alpha value is -1.60. The van der Waals surface area contributed by atoms with Gasteiger partial charge in [-0.25, -0.2) is 4.98 Å². The summed E-state index contributed by atoms with van der Waals surface area (Å²) in [7, 11) is 1.74. The van der Waals surface area contributed by atoms with Gasteiger partial charge in [-0.1, -0.05) is 13.8 Å². The van der Waals surface area contributed by atoms with Crippen molar-refractivity contribution in [2.45, 2.75) is 39.3 Å². The fourth-order valence-corrected chi connectivity index (χ4v) is 2.45. The van der Waals surface area contributed by atoms with Crippen LogP contribution in [0.3, 0.4) is 0 Å². The highest BCUT2D eigenvalue weighted by atomic mass is 16.5.